The Morgan fingerprint density at radius 2 is 2.04 bits per heavy atom. The maximum absolute atomic E-state index is 12.4. The van der Waals surface area contributed by atoms with Gasteiger partial charge in [0.1, 0.15) is 17.2 Å². The van der Waals surface area contributed by atoms with Gasteiger partial charge in [-0.05, 0) is 24.3 Å². The van der Waals surface area contributed by atoms with E-state index in [9.17, 15) is 9.59 Å². The number of aliphatic carboxylic acids is 1. The number of rotatable bonds is 5. The van der Waals surface area contributed by atoms with Crippen molar-refractivity contribution in [1.82, 2.24) is 0 Å². The Balaban J connectivity index is 1.87. The summed E-state index contributed by atoms with van der Waals surface area (Å²) in [6.45, 7) is -0.462. The van der Waals surface area contributed by atoms with Gasteiger partial charge in [0, 0.05) is 11.6 Å². The van der Waals surface area contributed by atoms with Gasteiger partial charge in [-0.2, -0.15) is 0 Å². The molecule has 6 heteroatoms. The third-order valence-electron chi connectivity index (χ3n) is 3.43. The first-order valence-corrected chi connectivity index (χ1v) is 7.14. The van der Waals surface area contributed by atoms with Crippen molar-refractivity contribution in [3.05, 3.63) is 59.4 Å². The third kappa shape index (κ3) is 3.08. The van der Waals surface area contributed by atoms with Crippen LogP contribution in [0, 0.1) is 0 Å². The van der Waals surface area contributed by atoms with Gasteiger partial charge < -0.3 is 19.3 Å². The zero-order valence-corrected chi connectivity index (χ0v) is 12.8. The van der Waals surface area contributed by atoms with E-state index in [1.54, 1.807) is 25.3 Å². The smallest absolute Gasteiger partial charge is 0.341 e. The Bertz CT molecular complexity index is 837. The van der Waals surface area contributed by atoms with Crippen molar-refractivity contribution in [2.24, 2.45) is 0 Å². The van der Waals surface area contributed by atoms with Crippen LogP contribution in [-0.2, 0) is 4.79 Å². The lowest BCUT2D eigenvalue weighted by atomic mass is 10.1. The van der Waals surface area contributed by atoms with Gasteiger partial charge in [-0.3, -0.25) is 4.79 Å². The minimum atomic E-state index is -1.08. The number of hydrogen-bond donors (Lipinski definition) is 1. The third-order valence-corrected chi connectivity index (χ3v) is 3.43. The maximum atomic E-state index is 12.4. The molecule has 0 saturated carbocycles. The van der Waals surface area contributed by atoms with Crippen molar-refractivity contribution in [1.29, 1.82) is 0 Å². The monoisotopic (exact) mass is 326 g/mol. The van der Waals surface area contributed by atoms with Gasteiger partial charge in [-0.15, -0.1) is 0 Å². The van der Waals surface area contributed by atoms with E-state index in [1.807, 2.05) is 18.2 Å². The molecule has 1 aliphatic rings. The molecule has 122 valence electrons. The standard InChI is InChI=1S/C18H14O6/c1-22-14-5-3-2-4-11(14)8-16-18(21)13-7-6-12(9-15(13)24-16)23-10-17(19)20/h2-9H,10H2,1H3,(H,19,20). The van der Waals surface area contributed by atoms with Crippen LogP contribution < -0.4 is 14.2 Å². The van der Waals surface area contributed by atoms with Crippen LogP contribution in [0.5, 0.6) is 17.2 Å². The van der Waals surface area contributed by atoms with E-state index in [0.717, 1.165) is 5.56 Å². The van der Waals surface area contributed by atoms with E-state index in [-0.39, 0.29) is 11.5 Å². The van der Waals surface area contributed by atoms with Crippen molar-refractivity contribution >= 4 is 17.8 Å². The predicted octanol–water partition coefficient (Wildman–Crippen LogP) is 2.77. The normalized spacial score (nSPS) is 14.2. The number of hydrogen-bond acceptors (Lipinski definition) is 5. The minimum Gasteiger partial charge on any atom is -0.496 e. The maximum Gasteiger partial charge on any atom is 0.341 e. The Kier molecular flexibility index (Phi) is 4.20. The highest BCUT2D eigenvalue weighted by atomic mass is 16.5. The van der Waals surface area contributed by atoms with Gasteiger partial charge in [-0.1, -0.05) is 18.2 Å². The quantitative estimate of drug-likeness (QED) is 0.851. The highest BCUT2D eigenvalue weighted by Gasteiger charge is 2.28. The fourth-order valence-electron chi connectivity index (χ4n) is 2.33. The molecule has 1 N–H and O–H groups in total. The first kappa shape index (κ1) is 15.6. The summed E-state index contributed by atoms with van der Waals surface area (Å²) in [5.41, 5.74) is 1.12. The Morgan fingerprint density at radius 3 is 2.79 bits per heavy atom. The first-order valence-electron chi connectivity index (χ1n) is 7.14. The summed E-state index contributed by atoms with van der Waals surface area (Å²) in [6, 6.07) is 11.9. The van der Waals surface area contributed by atoms with E-state index < -0.39 is 12.6 Å². The molecular formula is C18H14O6. The van der Waals surface area contributed by atoms with Gasteiger partial charge in [0.15, 0.2) is 12.4 Å². The van der Waals surface area contributed by atoms with E-state index in [1.165, 1.54) is 12.1 Å². The number of carboxylic acids is 1. The van der Waals surface area contributed by atoms with Crippen molar-refractivity contribution in [2.75, 3.05) is 13.7 Å². The van der Waals surface area contributed by atoms with Crippen LogP contribution in [0.1, 0.15) is 15.9 Å². The second-order valence-electron chi connectivity index (χ2n) is 5.02. The molecule has 0 spiro atoms. The van der Waals surface area contributed by atoms with Crippen molar-refractivity contribution in [2.45, 2.75) is 0 Å². The highest BCUT2D eigenvalue weighted by Crippen LogP contribution is 2.35. The van der Waals surface area contributed by atoms with Gasteiger partial charge >= 0.3 is 5.97 Å². The summed E-state index contributed by atoms with van der Waals surface area (Å²) in [5.74, 6) is 0.129. The number of benzene rings is 2. The molecule has 0 aliphatic carbocycles. The molecule has 0 unspecified atom stereocenters. The number of Topliss-reactive ketones (excluding diaryl/α,β-unsaturated/α-hetero) is 1. The molecule has 0 radical (unpaired) electrons. The summed E-state index contributed by atoms with van der Waals surface area (Å²) >= 11 is 0. The lowest BCUT2D eigenvalue weighted by molar-refractivity contribution is -0.139. The first-order chi connectivity index (χ1) is 11.6. The van der Waals surface area contributed by atoms with E-state index in [0.29, 0.717) is 22.8 Å². The molecule has 0 fully saturated rings. The van der Waals surface area contributed by atoms with Crippen LogP contribution in [0.15, 0.2) is 48.2 Å². The molecule has 1 aliphatic heterocycles. The molecule has 24 heavy (non-hydrogen) atoms. The lowest BCUT2D eigenvalue weighted by Gasteiger charge is -2.05. The van der Waals surface area contributed by atoms with Gasteiger partial charge in [-0.25, -0.2) is 4.79 Å². The van der Waals surface area contributed by atoms with Crippen LogP contribution in [0.25, 0.3) is 6.08 Å². The Labute approximate surface area is 137 Å². The minimum absolute atomic E-state index is 0.171. The summed E-state index contributed by atoms with van der Waals surface area (Å²) < 4.78 is 15.9. The summed E-state index contributed by atoms with van der Waals surface area (Å²) in [6.07, 6.45) is 1.61. The summed E-state index contributed by atoms with van der Waals surface area (Å²) in [7, 11) is 1.55. The molecule has 0 amide bonds. The van der Waals surface area contributed by atoms with Gasteiger partial charge in [0.25, 0.3) is 0 Å². The second kappa shape index (κ2) is 6.45. The largest absolute Gasteiger partial charge is 0.496 e. The number of ether oxygens (including phenoxy) is 3. The second-order valence-corrected chi connectivity index (χ2v) is 5.02. The van der Waals surface area contributed by atoms with Gasteiger partial charge in [0.2, 0.25) is 5.78 Å². The molecule has 1 heterocycles. The SMILES string of the molecule is COc1ccccc1C=C1Oc2cc(OCC(=O)O)ccc2C1=O. The highest BCUT2D eigenvalue weighted by molar-refractivity contribution is 6.14. The Morgan fingerprint density at radius 1 is 1.25 bits per heavy atom. The van der Waals surface area contributed by atoms with E-state index in [4.69, 9.17) is 19.3 Å². The molecule has 6 nitrogen and oxygen atoms in total. The average molecular weight is 326 g/mol. The molecule has 0 atom stereocenters. The lowest BCUT2D eigenvalue weighted by Crippen LogP contribution is -2.09. The van der Waals surface area contributed by atoms with Crippen molar-refractivity contribution in [3.8, 4) is 17.2 Å². The molecule has 3 rings (SSSR count). The summed E-state index contributed by atoms with van der Waals surface area (Å²) in [4.78, 5) is 23.0. The molecular weight excluding hydrogens is 312 g/mol. The number of allylic oxidation sites excluding steroid dienone is 1. The molecule has 0 aromatic heterocycles. The number of carbonyl (C=O) groups excluding carboxylic acids is 1. The van der Waals surface area contributed by atoms with Crippen LogP contribution in [0.2, 0.25) is 0 Å². The zero-order valence-electron chi connectivity index (χ0n) is 12.8. The fourth-order valence-corrected chi connectivity index (χ4v) is 2.33. The van der Waals surface area contributed by atoms with E-state index >= 15 is 0 Å². The van der Waals surface area contributed by atoms with Gasteiger partial charge in [0.05, 0.1) is 12.7 Å². The number of carbonyl (C=O) groups is 2. The molecule has 2 aromatic carbocycles. The van der Waals surface area contributed by atoms with Crippen LogP contribution in [-0.4, -0.2) is 30.6 Å². The number of methoxy groups -OCH3 is 1. The van der Waals surface area contributed by atoms with Crippen LogP contribution >= 0.6 is 0 Å². The summed E-state index contributed by atoms with van der Waals surface area (Å²) in [5, 5.41) is 8.63. The van der Waals surface area contributed by atoms with Crippen LogP contribution in [0.3, 0.4) is 0 Å². The number of ketones is 1. The van der Waals surface area contributed by atoms with E-state index in [2.05, 4.69) is 0 Å². The molecule has 2 aromatic rings. The predicted molar refractivity (Wildman–Crippen MR) is 85.5 cm³/mol. The number of fused-ring (bicyclic) bond motifs is 1. The zero-order chi connectivity index (χ0) is 17.1. The number of para-hydroxylation sites is 1. The molecule has 0 bridgehead atoms. The topological polar surface area (TPSA) is 82.1 Å². The Hall–Kier alpha value is -3.28. The van der Waals surface area contributed by atoms with Crippen molar-refractivity contribution < 1.29 is 28.9 Å². The van der Waals surface area contributed by atoms with Crippen LogP contribution in [0.4, 0.5) is 0 Å². The van der Waals surface area contributed by atoms with Crippen molar-refractivity contribution in [3.63, 3.8) is 0 Å². The average Bonchev–Trinajstić information content (AvgIpc) is 2.89. The molecule has 0 saturated heterocycles. The fraction of sp³-hybridized carbons (Fsp3) is 0.111. The number of carboxylic acid groups (broad SMARTS) is 1.